The van der Waals surface area contributed by atoms with Gasteiger partial charge in [-0.05, 0) is 29.8 Å². The molecule has 140 valence electrons. The van der Waals surface area contributed by atoms with Gasteiger partial charge in [-0.3, -0.25) is 15.0 Å². The molecule has 3 aromatic heterocycles. The van der Waals surface area contributed by atoms with Crippen molar-refractivity contribution in [1.82, 2.24) is 25.1 Å². The molecule has 0 aliphatic carbocycles. The molecule has 1 N–H and O–H groups in total. The van der Waals surface area contributed by atoms with E-state index in [-0.39, 0.29) is 6.10 Å². The van der Waals surface area contributed by atoms with Crippen molar-refractivity contribution in [2.75, 3.05) is 19.7 Å². The van der Waals surface area contributed by atoms with E-state index < -0.39 is 0 Å². The highest BCUT2D eigenvalue weighted by atomic mass is 16.5. The summed E-state index contributed by atoms with van der Waals surface area (Å²) in [6.07, 6.45) is 5.45. The highest BCUT2D eigenvalue weighted by Crippen LogP contribution is 2.26. The molecule has 4 aromatic rings. The van der Waals surface area contributed by atoms with E-state index in [2.05, 4.69) is 44.3 Å². The number of morpholine rings is 1. The molecule has 1 aliphatic rings. The number of nitrogens with zero attached hydrogens (tertiary/aromatic N) is 4. The molecule has 4 heterocycles. The lowest BCUT2D eigenvalue weighted by Gasteiger charge is -2.33. The van der Waals surface area contributed by atoms with Crippen molar-refractivity contribution in [1.29, 1.82) is 0 Å². The van der Waals surface area contributed by atoms with Gasteiger partial charge in [0.15, 0.2) is 0 Å². The molecule has 5 rings (SSSR count). The zero-order valence-corrected chi connectivity index (χ0v) is 15.5. The standard InChI is InChI=1S/C22H21N5O/c1-4-16(18-5-3-9-23-20(18)7-1)14-27-10-11-28-22(15-27)21-8-2-6-19(26-21)17-12-24-25-13-17/h1-9,12-13,22H,10-11,14-15H2,(H,24,25)/t22-/m0/s1. The van der Waals surface area contributed by atoms with Crippen molar-refractivity contribution in [3.05, 3.63) is 78.4 Å². The summed E-state index contributed by atoms with van der Waals surface area (Å²) in [7, 11) is 0. The lowest BCUT2D eigenvalue weighted by Crippen LogP contribution is -2.38. The predicted octanol–water partition coefficient (Wildman–Crippen LogP) is 3.59. The molecule has 1 aromatic carbocycles. The van der Waals surface area contributed by atoms with E-state index in [0.29, 0.717) is 6.61 Å². The Morgan fingerprint density at radius 2 is 2.07 bits per heavy atom. The van der Waals surface area contributed by atoms with Crippen LogP contribution in [0.15, 0.2) is 67.1 Å². The minimum absolute atomic E-state index is 0.0336. The maximum absolute atomic E-state index is 6.05. The lowest BCUT2D eigenvalue weighted by molar-refractivity contribution is -0.0348. The summed E-state index contributed by atoms with van der Waals surface area (Å²) in [6, 6.07) is 16.5. The molecule has 0 saturated carbocycles. The van der Waals surface area contributed by atoms with Gasteiger partial charge in [-0.25, -0.2) is 4.98 Å². The van der Waals surface area contributed by atoms with Gasteiger partial charge in [0.2, 0.25) is 0 Å². The number of H-pyrrole nitrogens is 1. The number of hydrogen-bond donors (Lipinski definition) is 1. The molecule has 0 spiro atoms. The Bertz CT molecular complexity index is 1070. The Balaban J connectivity index is 1.36. The van der Waals surface area contributed by atoms with Gasteiger partial charge in [-0.1, -0.05) is 24.3 Å². The first kappa shape index (κ1) is 17.0. The van der Waals surface area contributed by atoms with E-state index in [1.165, 1.54) is 10.9 Å². The van der Waals surface area contributed by atoms with Crippen LogP contribution in [-0.2, 0) is 11.3 Å². The van der Waals surface area contributed by atoms with E-state index in [0.717, 1.165) is 42.1 Å². The number of aromatic nitrogens is 4. The second kappa shape index (κ2) is 7.50. The summed E-state index contributed by atoms with van der Waals surface area (Å²) >= 11 is 0. The molecule has 28 heavy (non-hydrogen) atoms. The van der Waals surface area contributed by atoms with E-state index >= 15 is 0 Å². The normalized spacial score (nSPS) is 17.8. The van der Waals surface area contributed by atoms with Gasteiger partial charge >= 0.3 is 0 Å². The lowest BCUT2D eigenvalue weighted by atomic mass is 10.1. The molecule has 1 atom stereocenters. The van der Waals surface area contributed by atoms with Crippen LogP contribution in [0.25, 0.3) is 22.2 Å². The van der Waals surface area contributed by atoms with Crippen LogP contribution in [0.1, 0.15) is 17.4 Å². The number of rotatable bonds is 4. The fourth-order valence-corrected chi connectivity index (χ4v) is 3.75. The Morgan fingerprint density at radius 3 is 3.00 bits per heavy atom. The van der Waals surface area contributed by atoms with E-state index in [9.17, 15) is 0 Å². The van der Waals surface area contributed by atoms with Gasteiger partial charge < -0.3 is 4.74 Å². The third kappa shape index (κ3) is 3.40. The molecule has 6 nitrogen and oxygen atoms in total. The summed E-state index contributed by atoms with van der Waals surface area (Å²) in [5.41, 5.74) is 5.19. The number of ether oxygens (including phenoxy) is 1. The second-order valence-electron chi connectivity index (χ2n) is 7.02. The van der Waals surface area contributed by atoms with Crippen LogP contribution in [0, 0.1) is 0 Å². The zero-order chi connectivity index (χ0) is 18.8. The highest BCUT2D eigenvalue weighted by Gasteiger charge is 2.24. The molecular weight excluding hydrogens is 350 g/mol. The minimum Gasteiger partial charge on any atom is -0.369 e. The van der Waals surface area contributed by atoms with Gasteiger partial charge in [-0.2, -0.15) is 5.10 Å². The maximum Gasteiger partial charge on any atom is 0.112 e. The number of nitrogens with one attached hydrogen (secondary N) is 1. The Labute approximate surface area is 163 Å². The molecule has 6 heteroatoms. The largest absolute Gasteiger partial charge is 0.369 e. The summed E-state index contributed by atoms with van der Waals surface area (Å²) in [4.78, 5) is 11.7. The summed E-state index contributed by atoms with van der Waals surface area (Å²) < 4.78 is 6.05. The molecule has 1 saturated heterocycles. The van der Waals surface area contributed by atoms with E-state index in [4.69, 9.17) is 9.72 Å². The van der Waals surface area contributed by atoms with Crippen LogP contribution in [0.3, 0.4) is 0 Å². The van der Waals surface area contributed by atoms with Crippen molar-refractivity contribution in [3.8, 4) is 11.3 Å². The topological polar surface area (TPSA) is 66.9 Å². The molecule has 1 aliphatic heterocycles. The van der Waals surface area contributed by atoms with Crippen LogP contribution < -0.4 is 0 Å². The van der Waals surface area contributed by atoms with Crippen molar-refractivity contribution >= 4 is 10.9 Å². The molecule has 1 fully saturated rings. The summed E-state index contributed by atoms with van der Waals surface area (Å²) in [5.74, 6) is 0. The van der Waals surface area contributed by atoms with Gasteiger partial charge in [0, 0.05) is 43.0 Å². The SMILES string of the molecule is c1cc(-c2cn[nH]c2)nc([C@@H]2CN(Cc3cccc4ncccc34)CCO2)c1. The monoisotopic (exact) mass is 371 g/mol. The molecular formula is C22H21N5O. The van der Waals surface area contributed by atoms with E-state index in [1.807, 2.05) is 36.7 Å². The average molecular weight is 371 g/mol. The fourth-order valence-electron chi connectivity index (χ4n) is 3.75. The molecule has 0 radical (unpaired) electrons. The van der Waals surface area contributed by atoms with Crippen LogP contribution in [-0.4, -0.2) is 44.8 Å². The van der Waals surface area contributed by atoms with Crippen molar-refractivity contribution in [2.24, 2.45) is 0 Å². The van der Waals surface area contributed by atoms with Crippen LogP contribution >= 0.6 is 0 Å². The summed E-state index contributed by atoms with van der Waals surface area (Å²) in [5, 5.41) is 8.07. The van der Waals surface area contributed by atoms with Crippen LogP contribution in [0.2, 0.25) is 0 Å². The number of aromatic amines is 1. The number of fused-ring (bicyclic) bond motifs is 1. The van der Waals surface area contributed by atoms with Gasteiger partial charge in [0.1, 0.15) is 6.10 Å². The van der Waals surface area contributed by atoms with Crippen LogP contribution in [0.4, 0.5) is 0 Å². The average Bonchev–Trinajstić information content (AvgIpc) is 3.30. The first-order valence-corrected chi connectivity index (χ1v) is 9.49. The minimum atomic E-state index is -0.0336. The summed E-state index contributed by atoms with van der Waals surface area (Å²) in [6.45, 7) is 3.31. The number of hydrogen-bond acceptors (Lipinski definition) is 5. The fraction of sp³-hybridized carbons (Fsp3) is 0.227. The molecule has 0 bridgehead atoms. The Hall–Kier alpha value is -3.09. The molecule has 0 amide bonds. The number of benzene rings is 1. The molecule has 0 unspecified atom stereocenters. The number of pyridine rings is 2. The van der Waals surface area contributed by atoms with Crippen molar-refractivity contribution < 1.29 is 4.74 Å². The Kier molecular flexibility index (Phi) is 4.56. The highest BCUT2D eigenvalue weighted by molar-refractivity contribution is 5.81. The second-order valence-corrected chi connectivity index (χ2v) is 7.02. The van der Waals surface area contributed by atoms with Crippen LogP contribution in [0.5, 0.6) is 0 Å². The third-order valence-electron chi connectivity index (χ3n) is 5.18. The first-order valence-electron chi connectivity index (χ1n) is 9.49. The van der Waals surface area contributed by atoms with E-state index in [1.54, 1.807) is 6.20 Å². The first-order chi connectivity index (χ1) is 13.9. The zero-order valence-electron chi connectivity index (χ0n) is 15.5. The predicted molar refractivity (Wildman–Crippen MR) is 108 cm³/mol. The van der Waals surface area contributed by atoms with Gasteiger partial charge in [0.05, 0.1) is 29.7 Å². The maximum atomic E-state index is 6.05. The van der Waals surface area contributed by atoms with Crippen molar-refractivity contribution in [2.45, 2.75) is 12.6 Å². The van der Waals surface area contributed by atoms with Gasteiger partial charge in [-0.15, -0.1) is 0 Å². The van der Waals surface area contributed by atoms with Crippen molar-refractivity contribution in [3.63, 3.8) is 0 Å². The smallest absolute Gasteiger partial charge is 0.112 e. The third-order valence-corrected chi connectivity index (χ3v) is 5.18. The van der Waals surface area contributed by atoms with Gasteiger partial charge in [0.25, 0.3) is 0 Å². The quantitative estimate of drug-likeness (QED) is 0.594. The Morgan fingerprint density at radius 1 is 1.11 bits per heavy atom.